The van der Waals surface area contributed by atoms with Crippen molar-refractivity contribution in [2.24, 2.45) is 5.73 Å². The molecule has 2 aromatic carbocycles. The SMILES string of the molecule is COc1ccc(Oc2ccc(C(N)=O)cc2OC)cc1. The summed E-state index contributed by atoms with van der Waals surface area (Å²) < 4.78 is 16.0. The van der Waals surface area contributed by atoms with Gasteiger partial charge in [-0.25, -0.2) is 0 Å². The first-order chi connectivity index (χ1) is 9.63. The van der Waals surface area contributed by atoms with Crippen LogP contribution in [0.1, 0.15) is 10.4 Å². The molecule has 0 atom stereocenters. The van der Waals surface area contributed by atoms with E-state index in [1.54, 1.807) is 49.6 Å². The van der Waals surface area contributed by atoms with Crippen LogP contribution < -0.4 is 19.9 Å². The smallest absolute Gasteiger partial charge is 0.248 e. The summed E-state index contributed by atoms with van der Waals surface area (Å²) >= 11 is 0. The van der Waals surface area contributed by atoms with Gasteiger partial charge in [-0.1, -0.05) is 0 Å². The molecule has 20 heavy (non-hydrogen) atoms. The molecule has 0 aliphatic rings. The van der Waals surface area contributed by atoms with Crippen LogP contribution in [0.5, 0.6) is 23.0 Å². The van der Waals surface area contributed by atoms with Gasteiger partial charge >= 0.3 is 0 Å². The number of primary amides is 1. The summed E-state index contributed by atoms with van der Waals surface area (Å²) in [5.41, 5.74) is 5.59. The highest BCUT2D eigenvalue weighted by Gasteiger charge is 2.09. The minimum Gasteiger partial charge on any atom is -0.497 e. The molecule has 0 aromatic heterocycles. The topological polar surface area (TPSA) is 70.8 Å². The molecule has 0 unspecified atom stereocenters. The van der Waals surface area contributed by atoms with Crippen molar-refractivity contribution < 1.29 is 19.0 Å². The Kier molecular flexibility index (Phi) is 4.10. The molecule has 0 saturated heterocycles. The van der Waals surface area contributed by atoms with Gasteiger partial charge in [0.05, 0.1) is 14.2 Å². The van der Waals surface area contributed by atoms with Gasteiger partial charge in [0.1, 0.15) is 11.5 Å². The quantitative estimate of drug-likeness (QED) is 0.909. The monoisotopic (exact) mass is 273 g/mol. The molecule has 0 aliphatic carbocycles. The summed E-state index contributed by atoms with van der Waals surface area (Å²) in [6.07, 6.45) is 0. The molecule has 2 aromatic rings. The lowest BCUT2D eigenvalue weighted by molar-refractivity contribution is 0.1000. The molecule has 0 heterocycles. The Hall–Kier alpha value is -2.69. The van der Waals surface area contributed by atoms with E-state index in [0.29, 0.717) is 22.8 Å². The van der Waals surface area contributed by atoms with Crippen LogP contribution in [0.15, 0.2) is 42.5 Å². The van der Waals surface area contributed by atoms with Gasteiger partial charge in [-0.2, -0.15) is 0 Å². The second kappa shape index (κ2) is 5.97. The number of hydrogen-bond donors (Lipinski definition) is 1. The third kappa shape index (κ3) is 3.00. The van der Waals surface area contributed by atoms with Crippen molar-refractivity contribution in [3.8, 4) is 23.0 Å². The highest BCUT2D eigenvalue weighted by Crippen LogP contribution is 2.32. The summed E-state index contributed by atoms with van der Waals surface area (Å²) in [7, 11) is 3.10. The molecule has 0 saturated carbocycles. The van der Waals surface area contributed by atoms with Crippen LogP contribution in [-0.2, 0) is 0 Å². The van der Waals surface area contributed by atoms with Crippen molar-refractivity contribution in [3.05, 3.63) is 48.0 Å². The molecule has 0 spiro atoms. The van der Waals surface area contributed by atoms with E-state index in [1.807, 2.05) is 0 Å². The van der Waals surface area contributed by atoms with Crippen molar-refractivity contribution in [3.63, 3.8) is 0 Å². The highest BCUT2D eigenvalue weighted by atomic mass is 16.5. The van der Waals surface area contributed by atoms with Crippen molar-refractivity contribution in [1.82, 2.24) is 0 Å². The third-order valence-electron chi connectivity index (χ3n) is 2.74. The normalized spacial score (nSPS) is 9.90. The van der Waals surface area contributed by atoms with Gasteiger partial charge in [0.25, 0.3) is 0 Å². The van der Waals surface area contributed by atoms with Gasteiger partial charge in [0, 0.05) is 5.56 Å². The lowest BCUT2D eigenvalue weighted by Gasteiger charge is -2.11. The third-order valence-corrected chi connectivity index (χ3v) is 2.74. The summed E-state index contributed by atoms with van der Waals surface area (Å²) in [6.45, 7) is 0. The van der Waals surface area contributed by atoms with Crippen LogP contribution in [0.4, 0.5) is 0 Å². The van der Waals surface area contributed by atoms with Gasteiger partial charge in [-0.15, -0.1) is 0 Å². The first kappa shape index (κ1) is 13.7. The second-order valence-corrected chi connectivity index (χ2v) is 4.01. The van der Waals surface area contributed by atoms with Crippen molar-refractivity contribution in [2.45, 2.75) is 0 Å². The first-order valence-electron chi connectivity index (χ1n) is 5.94. The number of carbonyl (C=O) groups is 1. The fourth-order valence-corrected chi connectivity index (χ4v) is 1.68. The highest BCUT2D eigenvalue weighted by molar-refractivity contribution is 5.93. The molecule has 0 fully saturated rings. The number of nitrogens with two attached hydrogens (primary N) is 1. The molecule has 0 bridgehead atoms. The Morgan fingerprint density at radius 1 is 0.900 bits per heavy atom. The average molecular weight is 273 g/mol. The minimum absolute atomic E-state index is 0.365. The van der Waals surface area contributed by atoms with Gasteiger partial charge in [-0.05, 0) is 42.5 Å². The minimum atomic E-state index is -0.515. The fraction of sp³-hybridized carbons (Fsp3) is 0.133. The standard InChI is InChI=1S/C15H15NO4/c1-18-11-4-6-12(7-5-11)20-13-8-3-10(15(16)17)9-14(13)19-2/h3-9H,1-2H3,(H2,16,17). The van der Waals surface area contributed by atoms with Crippen molar-refractivity contribution in [1.29, 1.82) is 0 Å². The lowest BCUT2D eigenvalue weighted by atomic mass is 10.2. The Bertz CT molecular complexity index is 608. The van der Waals surface area contributed by atoms with Crippen LogP contribution in [0, 0.1) is 0 Å². The lowest BCUT2D eigenvalue weighted by Crippen LogP contribution is -2.10. The van der Waals surface area contributed by atoms with Gasteiger partial charge in [0.2, 0.25) is 5.91 Å². The van der Waals surface area contributed by atoms with Crippen LogP contribution in [-0.4, -0.2) is 20.1 Å². The first-order valence-corrected chi connectivity index (χ1v) is 5.94. The maximum Gasteiger partial charge on any atom is 0.248 e. The molecule has 5 nitrogen and oxygen atoms in total. The molecule has 2 rings (SSSR count). The summed E-state index contributed by atoms with van der Waals surface area (Å²) in [5.74, 6) is 1.81. The summed E-state index contributed by atoms with van der Waals surface area (Å²) in [5, 5.41) is 0. The van der Waals surface area contributed by atoms with E-state index < -0.39 is 5.91 Å². The number of ether oxygens (including phenoxy) is 3. The summed E-state index contributed by atoms with van der Waals surface area (Å²) in [4.78, 5) is 11.1. The van der Waals surface area contributed by atoms with Gasteiger partial charge in [-0.3, -0.25) is 4.79 Å². The van der Waals surface area contributed by atoms with E-state index >= 15 is 0 Å². The molecule has 0 radical (unpaired) electrons. The van der Waals surface area contributed by atoms with Crippen LogP contribution in [0.2, 0.25) is 0 Å². The summed E-state index contributed by atoms with van der Waals surface area (Å²) in [6, 6.07) is 11.9. The van der Waals surface area contributed by atoms with E-state index in [4.69, 9.17) is 19.9 Å². The molecule has 0 aliphatic heterocycles. The zero-order valence-corrected chi connectivity index (χ0v) is 11.3. The van der Waals surface area contributed by atoms with E-state index in [9.17, 15) is 4.79 Å². The largest absolute Gasteiger partial charge is 0.497 e. The molecule has 1 amide bonds. The van der Waals surface area contributed by atoms with E-state index in [2.05, 4.69) is 0 Å². The maximum atomic E-state index is 11.1. The number of rotatable bonds is 5. The number of methoxy groups -OCH3 is 2. The van der Waals surface area contributed by atoms with E-state index in [1.165, 1.54) is 7.11 Å². The number of carbonyl (C=O) groups excluding carboxylic acids is 1. The number of amides is 1. The van der Waals surface area contributed by atoms with Gasteiger partial charge < -0.3 is 19.9 Å². The number of benzene rings is 2. The van der Waals surface area contributed by atoms with Crippen LogP contribution in [0.3, 0.4) is 0 Å². The predicted molar refractivity (Wildman–Crippen MR) is 74.6 cm³/mol. The Morgan fingerprint density at radius 2 is 1.55 bits per heavy atom. The van der Waals surface area contributed by atoms with Crippen molar-refractivity contribution in [2.75, 3.05) is 14.2 Å². The van der Waals surface area contributed by atoms with Crippen molar-refractivity contribution >= 4 is 5.91 Å². The second-order valence-electron chi connectivity index (χ2n) is 4.01. The molecule has 104 valence electrons. The zero-order chi connectivity index (χ0) is 14.5. The maximum absolute atomic E-state index is 11.1. The molecule has 5 heteroatoms. The van der Waals surface area contributed by atoms with Crippen LogP contribution >= 0.6 is 0 Å². The van der Waals surface area contributed by atoms with Gasteiger partial charge in [0.15, 0.2) is 11.5 Å². The van der Waals surface area contributed by atoms with E-state index in [0.717, 1.165) is 5.75 Å². The zero-order valence-electron chi connectivity index (χ0n) is 11.3. The number of hydrogen-bond acceptors (Lipinski definition) is 4. The van der Waals surface area contributed by atoms with E-state index in [-0.39, 0.29) is 0 Å². The fourth-order valence-electron chi connectivity index (χ4n) is 1.68. The predicted octanol–water partition coefficient (Wildman–Crippen LogP) is 2.60. The Balaban J connectivity index is 2.25. The Labute approximate surface area is 116 Å². The molecule has 2 N–H and O–H groups in total. The average Bonchev–Trinajstić information content (AvgIpc) is 2.48. The molecular weight excluding hydrogens is 258 g/mol. The molecular formula is C15H15NO4. The Morgan fingerprint density at radius 3 is 2.10 bits per heavy atom. The van der Waals surface area contributed by atoms with Crippen LogP contribution in [0.25, 0.3) is 0 Å².